The van der Waals surface area contributed by atoms with Crippen LogP contribution in [0.3, 0.4) is 0 Å². The average molecular weight is 347 g/mol. The van der Waals surface area contributed by atoms with Crippen molar-refractivity contribution in [3.63, 3.8) is 0 Å². The molecule has 1 heterocycles. The van der Waals surface area contributed by atoms with Crippen molar-refractivity contribution in [1.29, 1.82) is 0 Å². The summed E-state index contributed by atoms with van der Waals surface area (Å²) in [7, 11) is 0. The molecule has 0 aromatic heterocycles. The predicted octanol–water partition coefficient (Wildman–Crippen LogP) is -1.37. The zero-order chi connectivity index (χ0) is 18.4. The van der Waals surface area contributed by atoms with Crippen molar-refractivity contribution in [2.24, 2.45) is 0 Å². The van der Waals surface area contributed by atoms with Gasteiger partial charge in [0.15, 0.2) is 18.5 Å². The fourth-order valence-electron chi connectivity index (χ4n) is 2.31. The Kier molecular flexibility index (Phi) is 7.11. The molecule has 0 saturated carbocycles. The van der Waals surface area contributed by atoms with Crippen LogP contribution in [0.2, 0.25) is 0 Å². The molecule has 0 aromatic rings. The Balaban J connectivity index is 3.11. The van der Waals surface area contributed by atoms with Gasteiger partial charge in [0.05, 0.1) is 0 Å². The molecule has 1 amide bonds. The van der Waals surface area contributed by atoms with Crippen molar-refractivity contribution in [1.82, 2.24) is 5.32 Å². The van der Waals surface area contributed by atoms with E-state index >= 15 is 0 Å². The summed E-state index contributed by atoms with van der Waals surface area (Å²) in [6.07, 6.45) is -5.06. The summed E-state index contributed by atoms with van der Waals surface area (Å²) in [5.41, 5.74) is 0. The minimum atomic E-state index is -1.56. The molecule has 0 aliphatic carbocycles. The van der Waals surface area contributed by atoms with Crippen molar-refractivity contribution in [3.05, 3.63) is 0 Å². The van der Waals surface area contributed by atoms with Gasteiger partial charge in [-0.3, -0.25) is 19.2 Å². The lowest BCUT2D eigenvalue weighted by Gasteiger charge is -2.43. The van der Waals surface area contributed by atoms with Crippen LogP contribution in [0, 0.1) is 0 Å². The van der Waals surface area contributed by atoms with E-state index in [4.69, 9.17) is 18.9 Å². The molecule has 2 N–H and O–H groups in total. The number of aliphatic hydroxyl groups is 1. The van der Waals surface area contributed by atoms with Gasteiger partial charge in [-0.05, 0) is 0 Å². The first-order valence-corrected chi connectivity index (χ1v) is 7.20. The van der Waals surface area contributed by atoms with Gasteiger partial charge in [0, 0.05) is 27.7 Å². The van der Waals surface area contributed by atoms with Gasteiger partial charge in [0.2, 0.25) is 5.91 Å². The van der Waals surface area contributed by atoms with Crippen LogP contribution in [-0.2, 0) is 38.1 Å². The van der Waals surface area contributed by atoms with E-state index in [1.165, 1.54) is 13.8 Å². The standard InChI is InChI=1S/C14H21NO9/c1-6(16)15-11-13(23-9(4)19)12(22-8(3)18)10(24-14(11)20)5-21-7(2)17/h10-14,20H,5H2,1-4H3,(H,15,16)/t10-,11-,12+,13+,14+/m0/s1. The SMILES string of the molecule is CC(=O)N[C@H]1[C@@H](OC(C)=O)[C@H](OC(C)=O)[C@H](COC(C)=O)O[C@H]1O. The minimum Gasteiger partial charge on any atom is -0.463 e. The molecule has 0 unspecified atom stereocenters. The Hall–Kier alpha value is -2.20. The van der Waals surface area contributed by atoms with Crippen LogP contribution >= 0.6 is 0 Å². The number of carbonyl (C=O) groups is 4. The van der Waals surface area contributed by atoms with Crippen LogP contribution in [0.15, 0.2) is 0 Å². The van der Waals surface area contributed by atoms with Crippen LogP contribution in [0.1, 0.15) is 27.7 Å². The molecule has 0 radical (unpaired) electrons. The molecular weight excluding hydrogens is 326 g/mol. The number of ether oxygens (including phenoxy) is 4. The monoisotopic (exact) mass is 347 g/mol. The van der Waals surface area contributed by atoms with E-state index in [1.807, 2.05) is 0 Å². The predicted molar refractivity (Wildman–Crippen MR) is 76.2 cm³/mol. The Bertz CT molecular complexity index is 506. The number of aliphatic hydroxyl groups excluding tert-OH is 1. The average Bonchev–Trinajstić information content (AvgIpc) is 2.42. The molecule has 24 heavy (non-hydrogen) atoms. The molecule has 1 aliphatic heterocycles. The van der Waals surface area contributed by atoms with Crippen LogP contribution in [0.5, 0.6) is 0 Å². The van der Waals surface area contributed by atoms with E-state index in [9.17, 15) is 24.3 Å². The molecule has 0 aromatic carbocycles. The van der Waals surface area contributed by atoms with E-state index in [0.29, 0.717) is 0 Å². The summed E-state index contributed by atoms with van der Waals surface area (Å²) >= 11 is 0. The Labute approximate surface area is 138 Å². The Morgan fingerprint density at radius 1 is 0.958 bits per heavy atom. The molecule has 1 rings (SSSR count). The molecule has 0 bridgehead atoms. The lowest BCUT2D eigenvalue weighted by Crippen LogP contribution is -2.66. The largest absolute Gasteiger partial charge is 0.463 e. The van der Waals surface area contributed by atoms with Crippen molar-refractivity contribution < 1.29 is 43.2 Å². The molecule has 10 heteroatoms. The number of amides is 1. The molecule has 0 spiro atoms. The van der Waals surface area contributed by atoms with Gasteiger partial charge < -0.3 is 29.4 Å². The highest BCUT2D eigenvalue weighted by atomic mass is 16.7. The van der Waals surface area contributed by atoms with Crippen LogP contribution in [-0.4, -0.2) is 66.2 Å². The van der Waals surface area contributed by atoms with Gasteiger partial charge in [-0.1, -0.05) is 0 Å². The smallest absolute Gasteiger partial charge is 0.303 e. The number of nitrogens with one attached hydrogen (secondary N) is 1. The van der Waals surface area contributed by atoms with Crippen molar-refractivity contribution in [2.75, 3.05) is 6.61 Å². The van der Waals surface area contributed by atoms with E-state index in [-0.39, 0.29) is 6.61 Å². The van der Waals surface area contributed by atoms with Gasteiger partial charge in [0.25, 0.3) is 0 Å². The van der Waals surface area contributed by atoms with Crippen molar-refractivity contribution >= 4 is 23.8 Å². The normalized spacial score (nSPS) is 29.3. The lowest BCUT2D eigenvalue weighted by molar-refractivity contribution is -0.264. The number of hydrogen-bond donors (Lipinski definition) is 2. The van der Waals surface area contributed by atoms with Crippen LogP contribution in [0.4, 0.5) is 0 Å². The van der Waals surface area contributed by atoms with Crippen molar-refractivity contribution in [3.8, 4) is 0 Å². The fourth-order valence-corrected chi connectivity index (χ4v) is 2.31. The summed E-state index contributed by atoms with van der Waals surface area (Å²) in [5, 5.41) is 12.5. The topological polar surface area (TPSA) is 137 Å². The zero-order valence-corrected chi connectivity index (χ0v) is 13.8. The van der Waals surface area contributed by atoms with Gasteiger partial charge in [-0.2, -0.15) is 0 Å². The second-order valence-electron chi connectivity index (χ2n) is 5.24. The molecule has 1 fully saturated rings. The third-order valence-corrected chi connectivity index (χ3v) is 3.09. The first-order chi connectivity index (χ1) is 11.1. The summed E-state index contributed by atoms with van der Waals surface area (Å²) in [5.74, 6) is -2.54. The first kappa shape index (κ1) is 19.8. The molecular formula is C14H21NO9. The molecule has 1 saturated heterocycles. The highest BCUT2D eigenvalue weighted by molar-refractivity contribution is 5.73. The maximum atomic E-state index is 11.4. The molecule has 5 atom stereocenters. The summed E-state index contributed by atoms with van der Waals surface area (Å²) < 4.78 is 20.3. The number of carbonyl (C=O) groups excluding carboxylic acids is 4. The Morgan fingerprint density at radius 2 is 1.50 bits per heavy atom. The van der Waals surface area contributed by atoms with Crippen LogP contribution < -0.4 is 5.32 Å². The second-order valence-corrected chi connectivity index (χ2v) is 5.24. The second kappa shape index (κ2) is 8.60. The summed E-state index contributed by atoms with van der Waals surface area (Å²) in [6.45, 7) is 4.28. The quantitative estimate of drug-likeness (QED) is 0.456. The third-order valence-electron chi connectivity index (χ3n) is 3.09. The highest BCUT2D eigenvalue weighted by Gasteiger charge is 2.50. The van der Waals surface area contributed by atoms with Gasteiger partial charge in [-0.15, -0.1) is 0 Å². The molecule has 10 nitrogen and oxygen atoms in total. The third kappa shape index (κ3) is 5.78. The zero-order valence-electron chi connectivity index (χ0n) is 13.8. The number of rotatable bonds is 5. The van der Waals surface area contributed by atoms with E-state index in [0.717, 1.165) is 13.8 Å². The van der Waals surface area contributed by atoms with Gasteiger partial charge in [-0.25, -0.2) is 0 Å². The first-order valence-electron chi connectivity index (χ1n) is 7.20. The number of esters is 3. The minimum absolute atomic E-state index is 0.338. The lowest BCUT2D eigenvalue weighted by atomic mass is 9.96. The number of hydrogen-bond acceptors (Lipinski definition) is 9. The fraction of sp³-hybridized carbons (Fsp3) is 0.714. The van der Waals surface area contributed by atoms with Crippen LogP contribution in [0.25, 0.3) is 0 Å². The maximum absolute atomic E-state index is 11.4. The summed E-state index contributed by atoms with van der Waals surface area (Å²) in [6, 6.07) is -1.16. The van der Waals surface area contributed by atoms with E-state index in [1.54, 1.807) is 0 Å². The highest BCUT2D eigenvalue weighted by Crippen LogP contribution is 2.26. The van der Waals surface area contributed by atoms with E-state index < -0.39 is 54.5 Å². The summed E-state index contributed by atoms with van der Waals surface area (Å²) in [4.78, 5) is 45.0. The molecule has 1 aliphatic rings. The van der Waals surface area contributed by atoms with Gasteiger partial charge in [0.1, 0.15) is 18.8 Å². The van der Waals surface area contributed by atoms with E-state index in [2.05, 4.69) is 5.32 Å². The Morgan fingerprint density at radius 3 is 1.96 bits per heavy atom. The maximum Gasteiger partial charge on any atom is 0.303 e. The van der Waals surface area contributed by atoms with Gasteiger partial charge >= 0.3 is 17.9 Å². The van der Waals surface area contributed by atoms with Crippen molar-refractivity contribution in [2.45, 2.75) is 58.3 Å². The molecule has 136 valence electrons.